The minimum Gasteiger partial charge on any atom is -0.496 e. The maximum absolute atomic E-state index is 12.9. The zero-order valence-electron chi connectivity index (χ0n) is 17.2. The highest BCUT2D eigenvalue weighted by molar-refractivity contribution is 9.10. The van der Waals surface area contributed by atoms with E-state index in [9.17, 15) is 4.79 Å². The molecule has 3 aromatic carbocycles. The number of halogens is 1. The Morgan fingerprint density at radius 1 is 1.06 bits per heavy atom. The SMILES string of the molecule is COc1ccccc1Cn1c(C2CC(=O)N(c3cccc(Br)c3)C2)nc2ccccc21. The first-order valence-corrected chi connectivity index (χ1v) is 11.1. The number of nitrogens with zero attached hydrogens (tertiary/aromatic N) is 3. The van der Waals surface area contributed by atoms with E-state index < -0.39 is 0 Å². The van der Waals surface area contributed by atoms with Crippen molar-refractivity contribution in [2.75, 3.05) is 18.6 Å². The van der Waals surface area contributed by atoms with E-state index in [1.807, 2.05) is 65.6 Å². The predicted octanol–water partition coefficient (Wildman–Crippen LogP) is 5.38. The monoisotopic (exact) mass is 475 g/mol. The Kier molecular flexibility index (Phi) is 5.24. The van der Waals surface area contributed by atoms with Crippen molar-refractivity contribution >= 4 is 38.6 Å². The first-order valence-electron chi connectivity index (χ1n) is 10.3. The molecular weight excluding hydrogens is 454 g/mol. The normalized spacial score (nSPS) is 16.3. The van der Waals surface area contributed by atoms with Crippen LogP contribution in [0, 0.1) is 0 Å². The molecule has 156 valence electrons. The van der Waals surface area contributed by atoms with Crippen LogP contribution in [-0.2, 0) is 11.3 Å². The highest BCUT2D eigenvalue weighted by Gasteiger charge is 2.35. The van der Waals surface area contributed by atoms with E-state index in [0.29, 0.717) is 19.5 Å². The third-order valence-corrected chi connectivity index (χ3v) is 6.31. The Hall–Kier alpha value is -3.12. The Balaban J connectivity index is 1.54. The lowest BCUT2D eigenvalue weighted by Crippen LogP contribution is -2.24. The number of amides is 1. The maximum Gasteiger partial charge on any atom is 0.227 e. The van der Waals surface area contributed by atoms with Crippen molar-refractivity contribution in [2.24, 2.45) is 0 Å². The van der Waals surface area contributed by atoms with Gasteiger partial charge in [-0.3, -0.25) is 4.79 Å². The largest absolute Gasteiger partial charge is 0.496 e. The van der Waals surface area contributed by atoms with Crippen molar-refractivity contribution < 1.29 is 9.53 Å². The number of imidazole rings is 1. The summed E-state index contributed by atoms with van der Waals surface area (Å²) in [7, 11) is 1.69. The summed E-state index contributed by atoms with van der Waals surface area (Å²) >= 11 is 3.51. The molecule has 1 aliphatic rings. The molecule has 5 rings (SSSR count). The van der Waals surface area contributed by atoms with Crippen LogP contribution < -0.4 is 9.64 Å². The molecule has 0 radical (unpaired) electrons. The van der Waals surface area contributed by atoms with Crippen LogP contribution >= 0.6 is 15.9 Å². The van der Waals surface area contributed by atoms with Gasteiger partial charge in [-0.1, -0.05) is 52.3 Å². The molecular formula is C25H22BrN3O2. The number of rotatable bonds is 5. The Morgan fingerprint density at radius 2 is 1.87 bits per heavy atom. The van der Waals surface area contributed by atoms with Crippen LogP contribution in [0.2, 0.25) is 0 Å². The van der Waals surface area contributed by atoms with Crippen molar-refractivity contribution in [2.45, 2.75) is 18.9 Å². The third-order valence-electron chi connectivity index (χ3n) is 5.82. The van der Waals surface area contributed by atoms with Crippen LogP contribution in [0.25, 0.3) is 11.0 Å². The van der Waals surface area contributed by atoms with E-state index in [-0.39, 0.29) is 11.8 Å². The van der Waals surface area contributed by atoms with E-state index in [4.69, 9.17) is 9.72 Å². The van der Waals surface area contributed by atoms with Crippen molar-refractivity contribution in [3.8, 4) is 5.75 Å². The number of benzene rings is 3. The number of anilines is 1. The maximum atomic E-state index is 12.9. The number of hydrogen-bond donors (Lipinski definition) is 0. The number of ether oxygens (including phenoxy) is 1. The molecule has 1 amide bonds. The summed E-state index contributed by atoms with van der Waals surface area (Å²) in [6, 6.07) is 24.1. The molecule has 1 aromatic heterocycles. The summed E-state index contributed by atoms with van der Waals surface area (Å²) in [5, 5.41) is 0. The van der Waals surface area contributed by atoms with Gasteiger partial charge in [-0.15, -0.1) is 0 Å². The highest BCUT2D eigenvalue weighted by Crippen LogP contribution is 2.34. The predicted molar refractivity (Wildman–Crippen MR) is 126 cm³/mol. The molecule has 31 heavy (non-hydrogen) atoms. The minimum absolute atomic E-state index is 0.0218. The topological polar surface area (TPSA) is 47.4 Å². The summed E-state index contributed by atoms with van der Waals surface area (Å²) in [4.78, 5) is 19.7. The standard InChI is InChI=1S/C25H22BrN3O2/c1-31-23-12-5-2-7-17(23)15-29-22-11-4-3-10-21(22)27-25(29)18-13-24(30)28(16-18)20-9-6-8-19(26)14-20/h2-12,14,18H,13,15-16H2,1H3. The fourth-order valence-electron chi connectivity index (χ4n) is 4.35. The smallest absolute Gasteiger partial charge is 0.227 e. The molecule has 0 aliphatic carbocycles. The van der Waals surface area contributed by atoms with E-state index in [1.165, 1.54) is 0 Å². The van der Waals surface area contributed by atoms with Gasteiger partial charge in [0.2, 0.25) is 5.91 Å². The number of aromatic nitrogens is 2. The van der Waals surface area contributed by atoms with Crippen molar-refractivity contribution in [1.29, 1.82) is 0 Å². The van der Waals surface area contributed by atoms with Crippen molar-refractivity contribution in [1.82, 2.24) is 9.55 Å². The Bertz CT molecular complexity index is 1270. The lowest BCUT2D eigenvalue weighted by Gasteiger charge is -2.18. The molecule has 0 bridgehead atoms. The minimum atomic E-state index is 0.0218. The van der Waals surface area contributed by atoms with Gasteiger partial charge in [-0.05, 0) is 36.4 Å². The van der Waals surface area contributed by atoms with Crippen LogP contribution in [0.1, 0.15) is 23.7 Å². The van der Waals surface area contributed by atoms with Gasteiger partial charge in [0.05, 0.1) is 24.7 Å². The van der Waals surface area contributed by atoms with E-state index >= 15 is 0 Å². The van der Waals surface area contributed by atoms with Gasteiger partial charge in [0.25, 0.3) is 0 Å². The van der Waals surface area contributed by atoms with Crippen LogP contribution in [0.4, 0.5) is 5.69 Å². The van der Waals surface area contributed by atoms with Gasteiger partial charge < -0.3 is 14.2 Å². The number of methoxy groups -OCH3 is 1. The molecule has 5 nitrogen and oxygen atoms in total. The van der Waals surface area contributed by atoms with Crippen LogP contribution in [-0.4, -0.2) is 29.1 Å². The van der Waals surface area contributed by atoms with Crippen molar-refractivity contribution in [3.05, 3.63) is 88.7 Å². The number of carbonyl (C=O) groups is 1. The molecule has 1 aliphatic heterocycles. The van der Waals surface area contributed by atoms with E-state index in [0.717, 1.165) is 38.3 Å². The number of hydrogen-bond acceptors (Lipinski definition) is 3. The fraction of sp³-hybridized carbons (Fsp3) is 0.200. The first kappa shape index (κ1) is 19.8. The average Bonchev–Trinajstić information content (AvgIpc) is 3.35. The summed E-state index contributed by atoms with van der Waals surface area (Å²) in [5.41, 5.74) is 4.01. The van der Waals surface area contributed by atoms with Crippen LogP contribution in [0.3, 0.4) is 0 Å². The van der Waals surface area contributed by atoms with Gasteiger partial charge in [0.15, 0.2) is 0 Å². The zero-order valence-corrected chi connectivity index (χ0v) is 18.7. The van der Waals surface area contributed by atoms with Crippen LogP contribution in [0.15, 0.2) is 77.3 Å². The zero-order chi connectivity index (χ0) is 21.4. The van der Waals surface area contributed by atoms with Gasteiger partial charge in [-0.25, -0.2) is 4.98 Å². The van der Waals surface area contributed by atoms with Gasteiger partial charge in [0, 0.05) is 34.6 Å². The fourth-order valence-corrected chi connectivity index (χ4v) is 4.74. The average molecular weight is 476 g/mol. The second-order valence-electron chi connectivity index (χ2n) is 7.74. The van der Waals surface area contributed by atoms with E-state index in [2.05, 4.69) is 32.6 Å². The lowest BCUT2D eigenvalue weighted by molar-refractivity contribution is -0.117. The lowest BCUT2D eigenvalue weighted by atomic mass is 10.1. The number of carbonyl (C=O) groups excluding carboxylic acids is 1. The Morgan fingerprint density at radius 3 is 2.71 bits per heavy atom. The summed E-state index contributed by atoms with van der Waals surface area (Å²) in [6.07, 6.45) is 0.446. The molecule has 0 spiro atoms. The van der Waals surface area contributed by atoms with Gasteiger partial charge in [0.1, 0.15) is 11.6 Å². The molecule has 2 heterocycles. The van der Waals surface area contributed by atoms with Gasteiger partial charge in [-0.2, -0.15) is 0 Å². The van der Waals surface area contributed by atoms with E-state index in [1.54, 1.807) is 7.11 Å². The number of para-hydroxylation sites is 3. The molecule has 1 saturated heterocycles. The molecule has 6 heteroatoms. The van der Waals surface area contributed by atoms with Crippen LogP contribution in [0.5, 0.6) is 5.75 Å². The molecule has 0 N–H and O–H groups in total. The summed E-state index contributed by atoms with van der Waals surface area (Å²) in [6.45, 7) is 1.26. The number of fused-ring (bicyclic) bond motifs is 1. The second-order valence-corrected chi connectivity index (χ2v) is 8.66. The highest BCUT2D eigenvalue weighted by atomic mass is 79.9. The third kappa shape index (κ3) is 3.72. The first-order chi connectivity index (χ1) is 15.1. The van der Waals surface area contributed by atoms with Gasteiger partial charge >= 0.3 is 0 Å². The molecule has 4 aromatic rings. The quantitative estimate of drug-likeness (QED) is 0.389. The molecule has 1 fully saturated rings. The summed E-state index contributed by atoms with van der Waals surface area (Å²) in [5.74, 6) is 1.94. The molecule has 0 saturated carbocycles. The molecule has 1 atom stereocenters. The molecule has 1 unspecified atom stereocenters. The Labute approximate surface area is 189 Å². The summed E-state index contributed by atoms with van der Waals surface area (Å²) < 4.78 is 8.77. The second kappa shape index (κ2) is 8.19. The van der Waals surface area contributed by atoms with Crippen molar-refractivity contribution in [3.63, 3.8) is 0 Å².